The van der Waals surface area contributed by atoms with Crippen LogP contribution >= 0.6 is 0 Å². The van der Waals surface area contributed by atoms with E-state index in [0.717, 1.165) is 67.5 Å². The zero-order chi connectivity index (χ0) is 20.5. The SMILES string of the molecule is COc1cc2c(cc1OC)CC(NC1CCN(c3cccc4c3OCCO4)CC1)C2. The van der Waals surface area contributed by atoms with E-state index < -0.39 is 0 Å². The lowest BCUT2D eigenvalue weighted by molar-refractivity contribution is 0.172. The Hall–Kier alpha value is -2.60. The van der Waals surface area contributed by atoms with Gasteiger partial charge in [0, 0.05) is 25.2 Å². The number of fused-ring (bicyclic) bond motifs is 2. The van der Waals surface area contributed by atoms with Crippen molar-refractivity contribution in [2.45, 2.75) is 37.8 Å². The van der Waals surface area contributed by atoms with Crippen molar-refractivity contribution in [2.75, 3.05) is 45.4 Å². The molecule has 0 spiro atoms. The highest BCUT2D eigenvalue weighted by molar-refractivity contribution is 5.65. The van der Waals surface area contributed by atoms with Crippen LogP contribution in [0.4, 0.5) is 5.69 Å². The Morgan fingerprint density at radius 2 is 1.57 bits per heavy atom. The van der Waals surface area contributed by atoms with E-state index in [2.05, 4.69) is 34.5 Å². The van der Waals surface area contributed by atoms with Crippen LogP contribution in [0.25, 0.3) is 0 Å². The third-order valence-corrected chi connectivity index (χ3v) is 6.49. The normalized spacial score (nSPS) is 18.9. The van der Waals surface area contributed by atoms with Crippen LogP contribution in [0.2, 0.25) is 0 Å². The van der Waals surface area contributed by atoms with Gasteiger partial charge in [0.1, 0.15) is 13.2 Å². The van der Waals surface area contributed by atoms with Crippen molar-refractivity contribution >= 4 is 5.69 Å². The van der Waals surface area contributed by atoms with Gasteiger partial charge in [-0.15, -0.1) is 0 Å². The number of anilines is 1. The van der Waals surface area contributed by atoms with Crippen molar-refractivity contribution in [3.63, 3.8) is 0 Å². The molecule has 1 fully saturated rings. The van der Waals surface area contributed by atoms with Crippen LogP contribution in [-0.2, 0) is 12.8 Å². The molecule has 3 aliphatic rings. The average molecular weight is 411 g/mol. The molecule has 30 heavy (non-hydrogen) atoms. The molecule has 1 N–H and O–H groups in total. The van der Waals surface area contributed by atoms with Gasteiger partial charge in [-0.3, -0.25) is 0 Å². The summed E-state index contributed by atoms with van der Waals surface area (Å²) in [6.07, 6.45) is 4.36. The largest absolute Gasteiger partial charge is 0.493 e. The van der Waals surface area contributed by atoms with Gasteiger partial charge in [0.2, 0.25) is 0 Å². The molecule has 2 aromatic carbocycles. The molecule has 6 heteroatoms. The second-order valence-corrected chi connectivity index (χ2v) is 8.31. The van der Waals surface area contributed by atoms with Crippen molar-refractivity contribution < 1.29 is 18.9 Å². The molecule has 2 aliphatic heterocycles. The Bertz CT molecular complexity index is 875. The molecular formula is C24H30N2O4. The van der Waals surface area contributed by atoms with E-state index in [-0.39, 0.29) is 0 Å². The highest BCUT2D eigenvalue weighted by Crippen LogP contribution is 2.40. The van der Waals surface area contributed by atoms with Crippen LogP contribution < -0.4 is 29.2 Å². The van der Waals surface area contributed by atoms with Crippen LogP contribution in [0.15, 0.2) is 30.3 Å². The van der Waals surface area contributed by atoms with Crippen LogP contribution in [0.3, 0.4) is 0 Å². The van der Waals surface area contributed by atoms with Gasteiger partial charge in [-0.2, -0.15) is 0 Å². The molecule has 5 rings (SSSR count). The quantitative estimate of drug-likeness (QED) is 0.817. The van der Waals surface area contributed by atoms with E-state index in [1.165, 1.54) is 11.1 Å². The first kappa shape index (κ1) is 19.4. The highest BCUT2D eigenvalue weighted by Gasteiger charge is 2.29. The second kappa shape index (κ2) is 8.26. The standard InChI is InChI=1S/C24H30N2O4/c1-27-22-14-16-12-19(13-17(16)15-23(22)28-2)25-18-6-8-26(9-7-18)20-4-3-5-21-24(20)30-11-10-29-21/h3-5,14-15,18-19,25H,6-13H2,1-2H3. The molecule has 2 heterocycles. The molecule has 0 aromatic heterocycles. The predicted octanol–water partition coefficient (Wildman–Crippen LogP) is 3.20. The molecule has 0 amide bonds. The molecule has 0 saturated carbocycles. The fourth-order valence-electron chi connectivity index (χ4n) is 4.99. The van der Waals surface area contributed by atoms with E-state index in [0.29, 0.717) is 25.3 Å². The average Bonchev–Trinajstić information content (AvgIpc) is 3.19. The summed E-state index contributed by atoms with van der Waals surface area (Å²) >= 11 is 0. The number of benzene rings is 2. The zero-order valence-corrected chi connectivity index (χ0v) is 17.8. The molecule has 0 radical (unpaired) electrons. The van der Waals surface area contributed by atoms with Crippen LogP contribution in [0.1, 0.15) is 24.0 Å². The van der Waals surface area contributed by atoms with Gasteiger partial charge in [0.15, 0.2) is 23.0 Å². The Balaban J connectivity index is 1.19. The maximum Gasteiger partial charge on any atom is 0.184 e. The van der Waals surface area contributed by atoms with E-state index in [9.17, 15) is 0 Å². The molecule has 160 valence electrons. The molecule has 2 aromatic rings. The number of nitrogens with one attached hydrogen (secondary N) is 1. The van der Waals surface area contributed by atoms with Crippen molar-refractivity contribution in [1.82, 2.24) is 5.32 Å². The van der Waals surface area contributed by atoms with Crippen molar-refractivity contribution in [2.24, 2.45) is 0 Å². The Labute approximate surface area is 178 Å². The van der Waals surface area contributed by atoms with E-state index in [1.807, 2.05) is 6.07 Å². The summed E-state index contributed by atoms with van der Waals surface area (Å²) in [5.74, 6) is 3.42. The lowest BCUT2D eigenvalue weighted by Crippen LogP contribution is -2.46. The fraction of sp³-hybridized carbons (Fsp3) is 0.500. The van der Waals surface area contributed by atoms with Gasteiger partial charge in [0.25, 0.3) is 0 Å². The van der Waals surface area contributed by atoms with Gasteiger partial charge in [-0.05, 0) is 61.1 Å². The number of hydrogen-bond donors (Lipinski definition) is 1. The van der Waals surface area contributed by atoms with Gasteiger partial charge in [-0.1, -0.05) is 6.07 Å². The number of nitrogens with zero attached hydrogens (tertiary/aromatic N) is 1. The third kappa shape index (κ3) is 3.65. The van der Waals surface area contributed by atoms with E-state index >= 15 is 0 Å². The third-order valence-electron chi connectivity index (χ3n) is 6.49. The summed E-state index contributed by atoms with van der Waals surface area (Å²) in [6.45, 7) is 3.31. The minimum Gasteiger partial charge on any atom is -0.493 e. The molecule has 0 unspecified atom stereocenters. The lowest BCUT2D eigenvalue weighted by atomic mass is 10.0. The first-order valence-corrected chi connectivity index (χ1v) is 10.9. The number of piperidine rings is 1. The second-order valence-electron chi connectivity index (χ2n) is 8.31. The number of hydrogen-bond acceptors (Lipinski definition) is 6. The van der Waals surface area contributed by atoms with E-state index in [1.54, 1.807) is 14.2 Å². The highest BCUT2D eigenvalue weighted by atomic mass is 16.6. The van der Waals surface area contributed by atoms with Crippen LogP contribution in [0, 0.1) is 0 Å². The first-order valence-electron chi connectivity index (χ1n) is 10.9. The maximum absolute atomic E-state index is 5.91. The fourth-order valence-corrected chi connectivity index (χ4v) is 4.99. The van der Waals surface area contributed by atoms with Gasteiger partial charge in [-0.25, -0.2) is 0 Å². The van der Waals surface area contributed by atoms with Crippen molar-refractivity contribution in [3.8, 4) is 23.0 Å². The molecule has 6 nitrogen and oxygen atoms in total. The Morgan fingerprint density at radius 1 is 0.900 bits per heavy atom. The topological polar surface area (TPSA) is 52.2 Å². The molecule has 1 aliphatic carbocycles. The maximum atomic E-state index is 5.91. The summed E-state index contributed by atoms with van der Waals surface area (Å²) in [4.78, 5) is 2.44. The number of ether oxygens (including phenoxy) is 4. The summed E-state index contributed by atoms with van der Waals surface area (Å²) in [7, 11) is 3.40. The summed E-state index contributed by atoms with van der Waals surface area (Å²) in [5, 5.41) is 3.91. The van der Waals surface area contributed by atoms with Crippen molar-refractivity contribution in [1.29, 1.82) is 0 Å². The smallest absolute Gasteiger partial charge is 0.184 e. The van der Waals surface area contributed by atoms with E-state index in [4.69, 9.17) is 18.9 Å². The molecule has 1 saturated heterocycles. The zero-order valence-electron chi connectivity index (χ0n) is 17.8. The summed E-state index contributed by atoms with van der Waals surface area (Å²) in [6, 6.07) is 11.5. The monoisotopic (exact) mass is 410 g/mol. The minimum atomic E-state index is 0.481. The summed E-state index contributed by atoms with van der Waals surface area (Å²) in [5.41, 5.74) is 3.91. The van der Waals surface area contributed by atoms with Gasteiger partial charge in [0.05, 0.1) is 19.9 Å². The predicted molar refractivity (Wildman–Crippen MR) is 117 cm³/mol. The molecular weight excluding hydrogens is 380 g/mol. The van der Waals surface area contributed by atoms with Gasteiger partial charge < -0.3 is 29.2 Å². The lowest BCUT2D eigenvalue weighted by Gasteiger charge is -2.36. The number of rotatable bonds is 5. The molecule has 0 atom stereocenters. The molecule has 0 bridgehead atoms. The van der Waals surface area contributed by atoms with Crippen molar-refractivity contribution in [3.05, 3.63) is 41.5 Å². The number of para-hydroxylation sites is 1. The first-order chi connectivity index (χ1) is 14.7. The Morgan fingerprint density at radius 3 is 2.23 bits per heavy atom. The van der Waals surface area contributed by atoms with Crippen LogP contribution in [-0.4, -0.2) is 52.6 Å². The minimum absolute atomic E-state index is 0.481. The Kier molecular flexibility index (Phi) is 5.34. The number of methoxy groups -OCH3 is 2. The summed E-state index contributed by atoms with van der Waals surface area (Å²) < 4.78 is 22.6. The van der Waals surface area contributed by atoms with Gasteiger partial charge >= 0.3 is 0 Å². The van der Waals surface area contributed by atoms with Crippen LogP contribution in [0.5, 0.6) is 23.0 Å².